The number of hydrogen-bond acceptors (Lipinski definition) is 2. The lowest BCUT2D eigenvalue weighted by Gasteiger charge is -2.01. The molecule has 0 bridgehead atoms. The molecule has 0 amide bonds. The first kappa shape index (κ1) is 11.1. The molecule has 0 aliphatic heterocycles. The molecule has 5 heteroatoms. The fraction of sp³-hybridized carbons (Fsp3) is 0.400. The molecule has 0 aromatic carbocycles. The summed E-state index contributed by atoms with van der Waals surface area (Å²) in [6.45, 7) is 3.11. The van der Waals surface area contributed by atoms with Crippen LogP contribution in [0.5, 0.6) is 0 Å². The predicted octanol–water partition coefficient (Wildman–Crippen LogP) is 3.49. The zero-order valence-corrected chi connectivity index (χ0v) is 11.3. The van der Waals surface area contributed by atoms with E-state index in [4.69, 9.17) is 11.6 Å². The molecular weight excluding hydrogens is 324 g/mol. The first-order valence-corrected chi connectivity index (χ1v) is 6.35. The summed E-state index contributed by atoms with van der Waals surface area (Å²) in [5, 5.41) is 6.08. The Morgan fingerprint density at radius 2 is 2.33 bits per heavy atom. The normalized spacial score (nSPS) is 11.1. The number of pyridine rings is 1. The van der Waals surface area contributed by atoms with E-state index in [0.29, 0.717) is 5.15 Å². The van der Waals surface area contributed by atoms with E-state index in [1.165, 1.54) is 0 Å². The highest BCUT2D eigenvalue weighted by Gasteiger charge is 2.08. The Morgan fingerprint density at radius 3 is 3.07 bits per heavy atom. The van der Waals surface area contributed by atoms with Crippen LogP contribution in [0.15, 0.2) is 12.3 Å². The molecule has 0 N–H and O–H groups in total. The zero-order chi connectivity index (χ0) is 10.8. The van der Waals surface area contributed by atoms with Crippen molar-refractivity contribution >= 4 is 45.1 Å². The van der Waals surface area contributed by atoms with E-state index in [9.17, 15) is 0 Å². The van der Waals surface area contributed by atoms with Crippen molar-refractivity contribution in [2.45, 2.75) is 26.3 Å². The molecule has 0 fully saturated rings. The maximum Gasteiger partial charge on any atom is 0.132 e. The average Bonchev–Trinajstić information content (AvgIpc) is 2.52. The van der Waals surface area contributed by atoms with Crippen LogP contribution in [-0.4, -0.2) is 14.8 Å². The van der Waals surface area contributed by atoms with E-state index >= 15 is 0 Å². The molecule has 0 spiro atoms. The second kappa shape index (κ2) is 4.65. The van der Waals surface area contributed by atoms with E-state index in [1.807, 2.05) is 10.7 Å². The lowest BCUT2D eigenvalue weighted by atomic mass is 10.3. The van der Waals surface area contributed by atoms with Gasteiger partial charge in [0.05, 0.1) is 10.9 Å². The third-order valence-electron chi connectivity index (χ3n) is 2.28. The lowest BCUT2D eigenvalue weighted by molar-refractivity contribution is 0.585. The Balaban J connectivity index is 2.49. The van der Waals surface area contributed by atoms with E-state index in [-0.39, 0.29) is 0 Å². The smallest absolute Gasteiger partial charge is 0.132 e. The molecule has 0 saturated carbocycles. The maximum atomic E-state index is 5.88. The fourth-order valence-electron chi connectivity index (χ4n) is 1.48. The Bertz CT molecular complexity index is 481. The largest absolute Gasteiger partial charge is 0.264 e. The quantitative estimate of drug-likeness (QED) is 0.635. The summed E-state index contributed by atoms with van der Waals surface area (Å²) in [4.78, 5) is 4.07. The van der Waals surface area contributed by atoms with Crippen LogP contribution in [0, 0.1) is 3.70 Å². The number of aromatic nitrogens is 3. The van der Waals surface area contributed by atoms with Gasteiger partial charge in [-0.25, -0.2) is 4.98 Å². The highest BCUT2D eigenvalue weighted by molar-refractivity contribution is 14.1. The summed E-state index contributed by atoms with van der Waals surface area (Å²) in [5.41, 5.74) is 1.08. The summed E-state index contributed by atoms with van der Waals surface area (Å²) in [6, 6.07) is 1.88. The molecule has 0 saturated heterocycles. The van der Waals surface area contributed by atoms with Gasteiger partial charge in [0.2, 0.25) is 0 Å². The lowest BCUT2D eigenvalue weighted by Crippen LogP contribution is -1.99. The van der Waals surface area contributed by atoms with Gasteiger partial charge in [-0.1, -0.05) is 24.9 Å². The van der Waals surface area contributed by atoms with Gasteiger partial charge in [0.15, 0.2) is 0 Å². The van der Waals surface area contributed by atoms with Gasteiger partial charge in [-0.2, -0.15) is 5.10 Å². The molecule has 0 aliphatic rings. The standard InChI is InChI=1S/C10H11ClIN3/c1-2-3-4-15-8-5-9(11)13-6-7(8)10(12)14-15/h5-6H,2-4H2,1H3. The van der Waals surface area contributed by atoms with E-state index in [2.05, 4.69) is 39.6 Å². The van der Waals surface area contributed by atoms with Crippen molar-refractivity contribution in [3.05, 3.63) is 21.1 Å². The molecule has 2 aromatic rings. The highest BCUT2D eigenvalue weighted by Crippen LogP contribution is 2.22. The average molecular weight is 336 g/mol. The second-order valence-electron chi connectivity index (χ2n) is 3.39. The van der Waals surface area contributed by atoms with E-state index in [1.54, 1.807) is 6.20 Å². The molecular formula is C10H11ClIN3. The number of rotatable bonds is 3. The highest BCUT2D eigenvalue weighted by atomic mass is 127. The number of unbranched alkanes of at least 4 members (excludes halogenated alkanes) is 1. The van der Waals surface area contributed by atoms with Crippen molar-refractivity contribution in [3.8, 4) is 0 Å². The number of nitrogens with zero attached hydrogens (tertiary/aromatic N) is 3. The first-order valence-electron chi connectivity index (χ1n) is 4.90. The molecule has 80 valence electrons. The van der Waals surface area contributed by atoms with Gasteiger partial charge in [0, 0.05) is 18.8 Å². The van der Waals surface area contributed by atoms with Crippen molar-refractivity contribution in [1.29, 1.82) is 0 Å². The minimum absolute atomic E-state index is 0.525. The van der Waals surface area contributed by atoms with Crippen LogP contribution in [0.4, 0.5) is 0 Å². The van der Waals surface area contributed by atoms with Gasteiger partial charge in [-0.3, -0.25) is 4.68 Å². The van der Waals surface area contributed by atoms with Crippen molar-refractivity contribution in [2.75, 3.05) is 0 Å². The van der Waals surface area contributed by atoms with E-state index < -0.39 is 0 Å². The number of aryl methyl sites for hydroxylation is 1. The van der Waals surface area contributed by atoms with Gasteiger partial charge in [-0.05, 0) is 29.0 Å². The number of halogens is 2. The molecule has 3 nitrogen and oxygen atoms in total. The van der Waals surface area contributed by atoms with Crippen molar-refractivity contribution < 1.29 is 0 Å². The maximum absolute atomic E-state index is 5.88. The molecule has 0 atom stereocenters. The van der Waals surface area contributed by atoms with Crippen LogP contribution in [0.3, 0.4) is 0 Å². The van der Waals surface area contributed by atoms with Crippen molar-refractivity contribution in [1.82, 2.24) is 14.8 Å². The Morgan fingerprint density at radius 1 is 1.53 bits per heavy atom. The van der Waals surface area contributed by atoms with E-state index in [0.717, 1.165) is 34.0 Å². The SMILES string of the molecule is CCCCn1nc(I)c2cnc(Cl)cc21. The van der Waals surface area contributed by atoms with Gasteiger partial charge in [0.25, 0.3) is 0 Å². The van der Waals surface area contributed by atoms with Crippen LogP contribution < -0.4 is 0 Å². The van der Waals surface area contributed by atoms with Crippen molar-refractivity contribution in [3.63, 3.8) is 0 Å². The van der Waals surface area contributed by atoms with Crippen LogP contribution in [-0.2, 0) is 6.54 Å². The Labute approximate surface area is 107 Å². The topological polar surface area (TPSA) is 30.7 Å². The summed E-state index contributed by atoms with van der Waals surface area (Å²) in [5.74, 6) is 0. The molecule has 2 aromatic heterocycles. The van der Waals surface area contributed by atoms with Crippen LogP contribution in [0.25, 0.3) is 10.9 Å². The zero-order valence-electron chi connectivity index (χ0n) is 8.37. The number of hydrogen-bond donors (Lipinski definition) is 0. The molecule has 2 heterocycles. The predicted molar refractivity (Wildman–Crippen MR) is 70.2 cm³/mol. The van der Waals surface area contributed by atoms with Gasteiger partial charge in [0.1, 0.15) is 8.85 Å². The summed E-state index contributed by atoms with van der Waals surface area (Å²) >= 11 is 8.11. The Hall–Kier alpha value is -0.360. The van der Waals surface area contributed by atoms with Crippen LogP contribution in [0.2, 0.25) is 5.15 Å². The summed E-state index contributed by atoms with van der Waals surface area (Å²) < 4.78 is 3.00. The summed E-state index contributed by atoms with van der Waals surface area (Å²) in [6.07, 6.45) is 4.08. The molecule has 0 radical (unpaired) electrons. The third kappa shape index (κ3) is 2.25. The Kier molecular flexibility index (Phi) is 3.45. The minimum atomic E-state index is 0.525. The van der Waals surface area contributed by atoms with Gasteiger partial charge >= 0.3 is 0 Å². The third-order valence-corrected chi connectivity index (χ3v) is 3.28. The molecule has 0 unspecified atom stereocenters. The van der Waals surface area contributed by atoms with Crippen molar-refractivity contribution in [2.24, 2.45) is 0 Å². The van der Waals surface area contributed by atoms with Crippen LogP contribution >= 0.6 is 34.2 Å². The second-order valence-corrected chi connectivity index (χ2v) is 4.80. The molecule has 0 aliphatic carbocycles. The molecule has 15 heavy (non-hydrogen) atoms. The van der Waals surface area contributed by atoms with Crippen LogP contribution in [0.1, 0.15) is 19.8 Å². The summed E-state index contributed by atoms with van der Waals surface area (Å²) in [7, 11) is 0. The van der Waals surface area contributed by atoms with Gasteiger partial charge < -0.3 is 0 Å². The first-order chi connectivity index (χ1) is 7.22. The number of fused-ring (bicyclic) bond motifs is 1. The minimum Gasteiger partial charge on any atom is -0.264 e. The van der Waals surface area contributed by atoms with Gasteiger partial charge in [-0.15, -0.1) is 0 Å². The fourth-order valence-corrected chi connectivity index (χ4v) is 2.31. The monoisotopic (exact) mass is 335 g/mol. The molecule has 2 rings (SSSR count).